The molecule has 0 spiro atoms. The first-order chi connectivity index (χ1) is 13.7. The second kappa shape index (κ2) is 7.85. The van der Waals surface area contributed by atoms with Crippen molar-refractivity contribution in [3.8, 4) is 6.07 Å². The molecule has 5 heteroatoms. The van der Waals surface area contributed by atoms with E-state index >= 15 is 0 Å². The summed E-state index contributed by atoms with van der Waals surface area (Å²) in [6, 6.07) is 25.0. The number of nitriles is 1. The fourth-order valence-electron chi connectivity index (χ4n) is 3.50. The van der Waals surface area contributed by atoms with Gasteiger partial charge in [0.25, 0.3) is 0 Å². The Balaban J connectivity index is 1.48. The Hall–Kier alpha value is -3.78. The molecule has 0 radical (unpaired) electrons. The number of para-hydroxylation sites is 1. The molecule has 4 rings (SSSR count). The van der Waals surface area contributed by atoms with Gasteiger partial charge in [-0.05, 0) is 60.0 Å². The van der Waals surface area contributed by atoms with Gasteiger partial charge in [0.1, 0.15) is 0 Å². The Morgan fingerprint density at radius 2 is 1.71 bits per heavy atom. The zero-order valence-electron chi connectivity index (χ0n) is 15.4. The number of hydrogen-bond acceptors (Lipinski definition) is 3. The van der Waals surface area contributed by atoms with Gasteiger partial charge in [0.15, 0.2) is 0 Å². The van der Waals surface area contributed by atoms with Gasteiger partial charge < -0.3 is 15.5 Å². The third kappa shape index (κ3) is 3.81. The molecule has 5 nitrogen and oxygen atoms in total. The lowest BCUT2D eigenvalue weighted by Crippen LogP contribution is -2.31. The van der Waals surface area contributed by atoms with Crippen LogP contribution in [0, 0.1) is 11.3 Å². The Labute approximate surface area is 164 Å². The normalized spacial score (nSPS) is 12.6. The number of anilines is 3. The van der Waals surface area contributed by atoms with E-state index in [0.29, 0.717) is 5.56 Å². The maximum Gasteiger partial charge on any atom is 0.323 e. The molecule has 28 heavy (non-hydrogen) atoms. The molecule has 1 aliphatic heterocycles. The van der Waals surface area contributed by atoms with E-state index in [9.17, 15) is 4.79 Å². The minimum absolute atomic E-state index is 0.242. The molecule has 0 saturated heterocycles. The van der Waals surface area contributed by atoms with Crippen LogP contribution in [0.2, 0.25) is 0 Å². The number of carbonyl (C=O) groups is 1. The minimum atomic E-state index is -0.242. The van der Waals surface area contributed by atoms with Gasteiger partial charge >= 0.3 is 6.03 Å². The molecular weight excluding hydrogens is 348 g/mol. The van der Waals surface area contributed by atoms with E-state index in [4.69, 9.17) is 5.26 Å². The lowest BCUT2D eigenvalue weighted by atomic mass is 9.97. The molecule has 0 aromatic heterocycles. The second-order valence-corrected chi connectivity index (χ2v) is 6.72. The number of amides is 2. The quantitative estimate of drug-likeness (QED) is 0.700. The topological polar surface area (TPSA) is 68.2 Å². The van der Waals surface area contributed by atoms with Crippen LogP contribution < -0.4 is 15.5 Å². The van der Waals surface area contributed by atoms with Gasteiger partial charge in [-0.15, -0.1) is 0 Å². The molecule has 3 aromatic carbocycles. The van der Waals surface area contributed by atoms with Crippen LogP contribution in [0.4, 0.5) is 21.9 Å². The number of nitrogens with zero attached hydrogens (tertiary/aromatic N) is 2. The third-order valence-electron chi connectivity index (χ3n) is 4.91. The van der Waals surface area contributed by atoms with Crippen molar-refractivity contribution >= 4 is 23.1 Å². The maximum absolute atomic E-state index is 12.4. The highest BCUT2D eigenvalue weighted by Gasteiger charge is 2.20. The van der Waals surface area contributed by atoms with E-state index in [1.807, 2.05) is 66.7 Å². The molecule has 138 valence electrons. The zero-order valence-corrected chi connectivity index (χ0v) is 15.4. The largest absolute Gasteiger partial charge is 0.367 e. The third-order valence-corrected chi connectivity index (χ3v) is 4.91. The Bertz CT molecular complexity index is 1020. The van der Waals surface area contributed by atoms with Crippen molar-refractivity contribution in [1.82, 2.24) is 0 Å². The highest BCUT2D eigenvalue weighted by atomic mass is 16.2. The standard InChI is InChI=1S/C23H20N4O/c24-15-17-9-11-20(12-10-17)27-14-13-21-18(16-27)5-4-8-22(21)26-23(28)25-19-6-2-1-3-7-19/h1-12H,13-14,16H2,(H2,25,26,28). The van der Waals surface area contributed by atoms with Crippen molar-refractivity contribution in [3.05, 3.63) is 89.5 Å². The van der Waals surface area contributed by atoms with Gasteiger partial charge in [-0.25, -0.2) is 4.79 Å². The summed E-state index contributed by atoms with van der Waals surface area (Å²) in [5.74, 6) is 0. The van der Waals surface area contributed by atoms with Crippen LogP contribution in [0.25, 0.3) is 0 Å². The smallest absolute Gasteiger partial charge is 0.323 e. The van der Waals surface area contributed by atoms with Crippen molar-refractivity contribution in [2.45, 2.75) is 13.0 Å². The van der Waals surface area contributed by atoms with Crippen molar-refractivity contribution in [2.75, 3.05) is 22.1 Å². The number of urea groups is 1. The summed E-state index contributed by atoms with van der Waals surface area (Å²) in [5.41, 5.74) is 5.76. The molecule has 1 aliphatic rings. The summed E-state index contributed by atoms with van der Waals surface area (Å²) in [7, 11) is 0. The molecule has 2 N–H and O–H groups in total. The van der Waals surface area contributed by atoms with Crippen LogP contribution in [-0.2, 0) is 13.0 Å². The summed E-state index contributed by atoms with van der Waals surface area (Å²) < 4.78 is 0. The average Bonchev–Trinajstić information content (AvgIpc) is 2.74. The minimum Gasteiger partial charge on any atom is -0.367 e. The van der Waals surface area contributed by atoms with Gasteiger partial charge in [0.05, 0.1) is 11.6 Å². The van der Waals surface area contributed by atoms with Crippen molar-refractivity contribution in [3.63, 3.8) is 0 Å². The lowest BCUT2D eigenvalue weighted by Gasteiger charge is -2.32. The van der Waals surface area contributed by atoms with E-state index in [-0.39, 0.29) is 6.03 Å². The SMILES string of the molecule is N#Cc1ccc(N2CCc3c(cccc3NC(=O)Nc3ccccc3)C2)cc1. The Kier molecular flexibility index (Phi) is 4.94. The monoisotopic (exact) mass is 368 g/mol. The second-order valence-electron chi connectivity index (χ2n) is 6.72. The fraction of sp³-hybridized carbons (Fsp3) is 0.130. The van der Waals surface area contributed by atoms with Crippen molar-refractivity contribution < 1.29 is 4.79 Å². The van der Waals surface area contributed by atoms with Crippen LogP contribution in [0.5, 0.6) is 0 Å². The predicted octanol–water partition coefficient (Wildman–Crippen LogP) is 4.76. The summed E-state index contributed by atoms with van der Waals surface area (Å²) in [6.07, 6.45) is 0.844. The first-order valence-corrected chi connectivity index (χ1v) is 9.22. The highest BCUT2D eigenvalue weighted by Crippen LogP contribution is 2.29. The van der Waals surface area contributed by atoms with Crippen LogP contribution in [0.3, 0.4) is 0 Å². The van der Waals surface area contributed by atoms with E-state index in [1.165, 1.54) is 11.1 Å². The molecular formula is C23H20N4O. The summed E-state index contributed by atoms with van der Waals surface area (Å²) >= 11 is 0. The van der Waals surface area contributed by atoms with Crippen LogP contribution >= 0.6 is 0 Å². The van der Waals surface area contributed by atoms with Crippen molar-refractivity contribution in [2.24, 2.45) is 0 Å². The van der Waals surface area contributed by atoms with E-state index < -0.39 is 0 Å². The Morgan fingerprint density at radius 1 is 0.929 bits per heavy atom. The van der Waals surface area contributed by atoms with E-state index in [0.717, 1.165) is 36.6 Å². The van der Waals surface area contributed by atoms with Crippen LogP contribution in [0.1, 0.15) is 16.7 Å². The molecule has 1 heterocycles. The first kappa shape index (κ1) is 17.6. The lowest BCUT2D eigenvalue weighted by molar-refractivity contribution is 0.262. The first-order valence-electron chi connectivity index (χ1n) is 9.22. The number of rotatable bonds is 3. The number of benzene rings is 3. The molecule has 0 fully saturated rings. The maximum atomic E-state index is 12.4. The highest BCUT2D eigenvalue weighted by molar-refractivity contribution is 6.00. The number of nitrogens with one attached hydrogen (secondary N) is 2. The number of fused-ring (bicyclic) bond motifs is 1. The number of carbonyl (C=O) groups excluding carboxylic acids is 1. The van der Waals surface area contributed by atoms with Crippen LogP contribution in [0.15, 0.2) is 72.8 Å². The molecule has 0 unspecified atom stereocenters. The molecule has 0 atom stereocenters. The van der Waals surface area contributed by atoms with Crippen molar-refractivity contribution in [1.29, 1.82) is 5.26 Å². The van der Waals surface area contributed by atoms with E-state index in [2.05, 4.69) is 27.7 Å². The average molecular weight is 368 g/mol. The van der Waals surface area contributed by atoms with Crippen LogP contribution in [-0.4, -0.2) is 12.6 Å². The Morgan fingerprint density at radius 3 is 2.46 bits per heavy atom. The summed E-state index contributed by atoms with van der Waals surface area (Å²) in [5, 5.41) is 14.8. The predicted molar refractivity (Wildman–Crippen MR) is 111 cm³/mol. The molecule has 3 aromatic rings. The molecule has 0 bridgehead atoms. The van der Waals surface area contributed by atoms with Gasteiger partial charge in [-0.2, -0.15) is 5.26 Å². The van der Waals surface area contributed by atoms with Gasteiger partial charge in [-0.3, -0.25) is 0 Å². The van der Waals surface area contributed by atoms with Gasteiger partial charge in [0.2, 0.25) is 0 Å². The van der Waals surface area contributed by atoms with Gasteiger partial charge in [0, 0.05) is 30.2 Å². The fourth-order valence-corrected chi connectivity index (χ4v) is 3.50. The number of hydrogen-bond donors (Lipinski definition) is 2. The molecule has 0 saturated carbocycles. The molecule has 2 amide bonds. The van der Waals surface area contributed by atoms with E-state index in [1.54, 1.807) is 0 Å². The molecule has 0 aliphatic carbocycles. The zero-order chi connectivity index (χ0) is 19.3. The summed E-state index contributed by atoms with van der Waals surface area (Å²) in [4.78, 5) is 14.6. The van der Waals surface area contributed by atoms with Gasteiger partial charge in [-0.1, -0.05) is 30.3 Å². The summed E-state index contributed by atoms with van der Waals surface area (Å²) in [6.45, 7) is 1.63.